The molecule has 0 aliphatic rings. The van der Waals surface area contributed by atoms with Crippen LogP contribution in [0.2, 0.25) is 0 Å². The molecule has 0 aliphatic heterocycles. The van der Waals surface area contributed by atoms with Gasteiger partial charge < -0.3 is 5.73 Å². The fourth-order valence-corrected chi connectivity index (χ4v) is 0.980. The lowest BCUT2D eigenvalue weighted by atomic mass is 10.1. The van der Waals surface area contributed by atoms with Crippen molar-refractivity contribution in [2.75, 3.05) is 0 Å². The predicted octanol–water partition coefficient (Wildman–Crippen LogP) is 1.80. The average molecular weight is 150 g/mol. The lowest BCUT2D eigenvalue weighted by Gasteiger charge is -2.07. The van der Waals surface area contributed by atoms with E-state index in [0.717, 1.165) is 17.8 Å². The third kappa shape index (κ3) is 2.02. The van der Waals surface area contributed by atoms with E-state index in [4.69, 9.17) is 5.73 Å². The summed E-state index contributed by atoms with van der Waals surface area (Å²) in [6.07, 6.45) is 0.941. The minimum Gasteiger partial charge on any atom is -0.323 e. The number of aryl methyl sites for hydroxylation is 1. The number of rotatable bonds is 2. The minimum absolute atomic E-state index is 0.0925. The molecule has 0 saturated carbocycles. The highest BCUT2D eigenvalue weighted by Crippen LogP contribution is 2.10. The molecular formula is C9H14N2. The van der Waals surface area contributed by atoms with Gasteiger partial charge in [0.15, 0.2) is 0 Å². The Kier molecular flexibility index (Phi) is 2.60. The van der Waals surface area contributed by atoms with Gasteiger partial charge in [0.25, 0.3) is 0 Å². The maximum absolute atomic E-state index is 5.80. The minimum atomic E-state index is 0.0925. The van der Waals surface area contributed by atoms with Crippen molar-refractivity contribution in [2.24, 2.45) is 5.73 Å². The zero-order valence-corrected chi connectivity index (χ0v) is 7.04. The van der Waals surface area contributed by atoms with Gasteiger partial charge in [0.1, 0.15) is 0 Å². The number of hydrogen-bond acceptors (Lipinski definition) is 2. The highest BCUT2D eigenvalue weighted by atomic mass is 14.8. The Morgan fingerprint density at radius 3 is 2.82 bits per heavy atom. The van der Waals surface area contributed by atoms with Crippen LogP contribution in [0.4, 0.5) is 0 Å². The maximum Gasteiger partial charge on any atom is 0.0574 e. The van der Waals surface area contributed by atoms with Crippen LogP contribution in [0.25, 0.3) is 0 Å². The van der Waals surface area contributed by atoms with Crippen molar-refractivity contribution in [3.8, 4) is 0 Å². The first-order valence-corrected chi connectivity index (χ1v) is 3.93. The fourth-order valence-electron chi connectivity index (χ4n) is 0.980. The molecule has 1 unspecified atom stereocenters. The summed E-state index contributed by atoms with van der Waals surface area (Å²) in [6, 6.07) is 6.04. The number of hydrogen-bond donors (Lipinski definition) is 1. The van der Waals surface area contributed by atoms with E-state index >= 15 is 0 Å². The highest BCUT2D eigenvalue weighted by Gasteiger charge is 2.02. The predicted molar refractivity (Wildman–Crippen MR) is 46.2 cm³/mol. The van der Waals surface area contributed by atoms with Gasteiger partial charge in [0.2, 0.25) is 0 Å². The molecule has 0 radical (unpaired) electrons. The molecule has 1 rings (SSSR count). The molecular weight excluding hydrogens is 136 g/mol. The molecule has 1 aromatic heterocycles. The molecule has 0 aliphatic carbocycles. The second-order valence-corrected chi connectivity index (χ2v) is 2.72. The van der Waals surface area contributed by atoms with Gasteiger partial charge in [0.05, 0.1) is 5.69 Å². The second kappa shape index (κ2) is 3.49. The van der Waals surface area contributed by atoms with Gasteiger partial charge >= 0.3 is 0 Å². The summed E-state index contributed by atoms with van der Waals surface area (Å²) in [5.74, 6) is 0. The Hall–Kier alpha value is -0.890. The number of nitrogens with two attached hydrogens (primary N) is 1. The molecule has 1 atom stereocenters. The molecule has 0 spiro atoms. The smallest absolute Gasteiger partial charge is 0.0574 e. The van der Waals surface area contributed by atoms with Crippen molar-refractivity contribution in [3.05, 3.63) is 29.6 Å². The summed E-state index contributed by atoms with van der Waals surface area (Å²) >= 11 is 0. The van der Waals surface area contributed by atoms with Crippen LogP contribution >= 0.6 is 0 Å². The van der Waals surface area contributed by atoms with Crippen molar-refractivity contribution < 1.29 is 0 Å². The third-order valence-electron chi connectivity index (χ3n) is 1.73. The van der Waals surface area contributed by atoms with Gasteiger partial charge in [-0.2, -0.15) is 0 Å². The van der Waals surface area contributed by atoms with E-state index in [1.54, 1.807) is 0 Å². The molecule has 2 heteroatoms. The van der Waals surface area contributed by atoms with Gasteiger partial charge in [-0.25, -0.2) is 0 Å². The Bertz CT molecular complexity index is 233. The number of pyridine rings is 1. The van der Waals surface area contributed by atoms with Gasteiger partial charge in [0, 0.05) is 11.7 Å². The first kappa shape index (κ1) is 8.21. The lowest BCUT2D eigenvalue weighted by Crippen LogP contribution is -2.10. The van der Waals surface area contributed by atoms with Crippen LogP contribution < -0.4 is 5.73 Å². The third-order valence-corrected chi connectivity index (χ3v) is 1.73. The van der Waals surface area contributed by atoms with Gasteiger partial charge in [-0.05, 0) is 25.5 Å². The first-order valence-electron chi connectivity index (χ1n) is 3.93. The van der Waals surface area contributed by atoms with Crippen molar-refractivity contribution in [3.63, 3.8) is 0 Å². The Morgan fingerprint density at radius 1 is 1.55 bits per heavy atom. The van der Waals surface area contributed by atoms with Gasteiger partial charge in [-0.3, -0.25) is 4.98 Å². The molecule has 2 nitrogen and oxygen atoms in total. The number of aromatic nitrogens is 1. The molecule has 2 N–H and O–H groups in total. The van der Waals surface area contributed by atoms with E-state index in [1.807, 2.05) is 25.1 Å². The van der Waals surface area contributed by atoms with Crippen LogP contribution in [0, 0.1) is 6.92 Å². The topological polar surface area (TPSA) is 38.9 Å². The Labute approximate surface area is 67.5 Å². The molecule has 0 aromatic carbocycles. The molecule has 11 heavy (non-hydrogen) atoms. The fraction of sp³-hybridized carbons (Fsp3) is 0.444. The van der Waals surface area contributed by atoms with Crippen LogP contribution in [0.3, 0.4) is 0 Å². The standard InChI is InChI=1S/C9H14N2/c1-3-8(10)9-6-4-5-7(2)11-9/h4-6,8H,3,10H2,1-2H3. The summed E-state index contributed by atoms with van der Waals surface area (Å²) in [6.45, 7) is 4.04. The van der Waals surface area contributed by atoms with Crippen LogP contribution in [-0.2, 0) is 0 Å². The maximum atomic E-state index is 5.80. The summed E-state index contributed by atoms with van der Waals surface area (Å²) < 4.78 is 0. The summed E-state index contributed by atoms with van der Waals surface area (Å²) in [5.41, 5.74) is 7.83. The average Bonchev–Trinajstić information content (AvgIpc) is 2.03. The molecule has 0 fully saturated rings. The van der Waals surface area contributed by atoms with Gasteiger partial charge in [-0.1, -0.05) is 13.0 Å². The zero-order valence-electron chi connectivity index (χ0n) is 7.04. The monoisotopic (exact) mass is 150 g/mol. The van der Waals surface area contributed by atoms with Crippen molar-refractivity contribution in [2.45, 2.75) is 26.3 Å². The van der Waals surface area contributed by atoms with Gasteiger partial charge in [-0.15, -0.1) is 0 Å². The molecule has 1 heterocycles. The SMILES string of the molecule is CCC(N)c1cccc(C)n1. The van der Waals surface area contributed by atoms with Crippen molar-refractivity contribution >= 4 is 0 Å². The van der Waals surface area contributed by atoms with Crippen LogP contribution in [-0.4, -0.2) is 4.98 Å². The molecule has 60 valence electrons. The largest absolute Gasteiger partial charge is 0.323 e. The summed E-state index contributed by atoms with van der Waals surface area (Å²) in [7, 11) is 0. The van der Waals surface area contributed by atoms with E-state index in [0.29, 0.717) is 0 Å². The molecule has 0 amide bonds. The zero-order chi connectivity index (χ0) is 8.27. The van der Waals surface area contributed by atoms with Crippen LogP contribution in [0.15, 0.2) is 18.2 Å². The molecule has 1 aromatic rings. The highest BCUT2D eigenvalue weighted by molar-refractivity contribution is 5.12. The van der Waals surface area contributed by atoms with Crippen molar-refractivity contribution in [1.82, 2.24) is 4.98 Å². The van der Waals surface area contributed by atoms with E-state index < -0.39 is 0 Å². The normalized spacial score (nSPS) is 13.0. The van der Waals surface area contributed by atoms with Crippen molar-refractivity contribution in [1.29, 1.82) is 0 Å². The number of nitrogens with zero attached hydrogens (tertiary/aromatic N) is 1. The second-order valence-electron chi connectivity index (χ2n) is 2.72. The summed E-state index contributed by atoms with van der Waals surface area (Å²) in [5, 5.41) is 0. The van der Waals surface area contributed by atoms with Crippen LogP contribution in [0.1, 0.15) is 30.8 Å². The van der Waals surface area contributed by atoms with E-state index in [-0.39, 0.29) is 6.04 Å². The van der Waals surface area contributed by atoms with E-state index in [9.17, 15) is 0 Å². The summed E-state index contributed by atoms with van der Waals surface area (Å²) in [4.78, 5) is 4.32. The van der Waals surface area contributed by atoms with E-state index in [2.05, 4.69) is 11.9 Å². The Morgan fingerprint density at radius 2 is 2.27 bits per heavy atom. The Balaban J connectivity index is 2.86. The van der Waals surface area contributed by atoms with Crippen LogP contribution in [0.5, 0.6) is 0 Å². The lowest BCUT2D eigenvalue weighted by molar-refractivity contribution is 0.673. The first-order chi connectivity index (χ1) is 5.24. The van der Waals surface area contributed by atoms with E-state index in [1.165, 1.54) is 0 Å². The quantitative estimate of drug-likeness (QED) is 0.698. The molecule has 0 bridgehead atoms. The molecule has 0 saturated heterocycles.